The number of piperidine rings is 1. The van der Waals surface area contributed by atoms with Crippen LogP contribution in [0.4, 0.5) is 4.39 Å². The molecule has 1 aliphatic heterocycles. The summed E-state index contributed by atoms with van der Waals surface area (Å²) in [6.07, 6.45) is 1.84. The smallest absolute Gasteiger partial charge is 0.305 e. The fraction of sp³-hybridized carbons (Fsp3) is 0.500. The highest BCUT2D eigenvalue weighted by Crippen LogP contribution is 2.22. The van der Waals surface area contributed by atoms with Crippen molar-refractivity contribution in [3.8, 4) is 0 Å². The highest BCUT2D eigenvalue weighted by atomic mass is 32.2. The third-order valence-electron chi connectivity index (χ3n) is 4.19. The Kier molecular flexibility index (Phi) is 6.12. The van der Waals surface area contributed by atoms with Gasteiger partial charge in [0.05, 0.1) is 24.6 Å². The van der Waals surface area contributed by atoms with Crippen LogP contribution in [0.5, 0.6) is 0 Å². The minimum atomic E-state index is -3.38. The van der Waals surface area contributed by atoms with Gasteiger partial charge in [0.1, 0.15) is 5.82 Å². The zero-order chi connectivity index (χ0) is 18.6. The average Bonchev–Trinajstić information content (AvgIpc) is 2.54. The molecule has 1 heterocycles. The average molecular weight is 372 g/mol. The molecule has 1 fully saturated rings. The summed E-state index contributed by atoms with van der Waals surface area (Å²) in [6, 6.07) is 4.43. The first-order chi connectivity index (χ1) is 11.7. The highest BCUT2D eigenvalue weighted by molar-refractivity contribution is 7.88. The number of carboxylic acids is 1. The van der Waals surface area contributed by atoms with Gasteiger partial charge in [-0.05, 0) is 30.5 Å². The molecule has 1 aromatic rings. The van der Waals surface area contributed by atoms with Gasteiger partial charge in [0.2, 0.25) is 15.9 Å². The van der Waals surface area contributed by atoms with Crippen molar-refractivity contribution in [2.75, 3.05) is 19.3 Å². The summed E-state index contributed by atoms with van der Waals surface area (Å²) < 4.78 is 37.6. The lowest BCUT2D eigenvalue weighted by atomic mass is 9.97. The number of nitrogens with zero attached hydrogens (tertiary/aromatic N) is 1. The maximum atomic E-state index is 13.1. The molecule has 7 nitrogen and oxygen atoms in total. The van der Waals surface area contributed by atoms with Crippen molar-refractivity contribution in [3.63, 3.8) is 0 Å². The Morgan fingerprint density at radius 2 is 2.00 bits per heavy atom. The van der Waals surface area contributed by atoms with Crippen molar-refractivity contribution in [2.24, 2.45) is 5.92 Å². The first-order valence-electron chi connectivity index (χ1n) is 7.89. The third kappa shape index (κ3) is 5.50. The molecule has 2 N–H and O–H groups in total. The van der Waals surface area contributed by atoms with E-state index in [-0.39, 0.29) is 13.0 Å². The van der Waals surface area contributed by atoms with E-state index in [2.05, 4.69) is 5.32 Å². The standard InChI is InChI=1S/C16H21FN2O5S/c1-25(23,24)19-8-2-3-12(10-19)16(22)18-14(9-15(20)21)11-4-6-13(17)7-5-11/h4-7,12,14H,2-3,8-10H2,1H3,(H,18,22)(H,20,21)/t12-,14+/m0/s1. The van der Waals surface area contributed by atoms with Crippen LogP contribution in [-0.4, -0.2) is 49.1 Å². The predicted octanol–water partition coefficient (Wildman–Crippen LogP) is 1.13. The largest absolute Gasteiger partial charge is 0.481 e. The van der Waals surface area contributed by atoms with Crippen molar-refractivity contribution in [3.05, 3.63) is 35.6 Å². The number of nitrogens with one attached hydrogen (secondary N) is 1. The Labute approximate surface area is 145 Å². The van der Waals surface area contributed by atoms with Crippen LogP contribution < -0.4 is 5.32 Å². The lowest BCUT2D eigenvalue weighted by molar-refractivity contribution is -0.138. The van der Waals surface area contributed by atoms with Crippen molar-refractivity contribution in [1.82, 2.24) is 9.62 Å². The molecule has 2 atom stereocenters. The van der Waals surface area contributed by atoms with Gasteiger partial charge < -0.3 is 10.4 Å². The lowest BCUT2D eigenvalue weighted by Crippen LogP contribution is -2.45. The molecule has 0 aliphatic carbocycles. The molecule has 9 heteroatoms. The van der Waals surface area contributed by atoms with Gasteiger partial charge in [-0.2, -0.15) is 0 Å². The summed E-state index contributed by atoms with van der Waals surface area (Å²) in [5, 5.41) is 11.7. The zero-order valence-electron chi connectivity index (χ0n) is 13.8. The zero-order valence-corrected chi connectivity index (χ0v) is 14.6. The molecule has 0 bridgehead atoms. The Bertz CT molecular complexity index is 735. The van der Waals surface area contributed by atoms with Crippen molar-refractivity contribution < 1.29 is 27.5 Å². The monoisotopic (exact) mass is 372 g/mol. The van der Waals surface area contributed by atoms with E-state index in [1.165, 1.54) is 28.6 Å². The first-order valence-corrected chi connectivity index (χ1v) is 9.74. The van der Waals surface area contributed by atoms with Crippen LogP contribution in [0.25, 0.3) is 0 Å². The number of rotatable bonds is 6. The molecule has 1 aliphatic rings. The maximum absolute atomic E-state index is 13.1. The van der Waals surface area contributed by atoms with Gasteiger partial charge in [0.25, 0.3) is 0 Å². The van der Waals surface area contributed by atoms with Crippen LogP contribution in [-0.2, 0) is 19.6 Å². The van der Waals surface area contributed by atoms with Gasteiger partial charge in [-0.25, -0.2) is 17.1 Å². The van der Waals surface area contributed by atoms with Crippen LogP contribution in [0.1, 0.15) is 30.9 Å². The van der Waals surface area contributed by atoms with Crippen molar-refractivity contribution in [1.29, 1.82) is 0 Å². The van der Waals surface area contributed by atoms with Gasteiger partial charge in [0.15, 0.2) is 0 Å². The number of hydrogen-bond acceptors (Lipinski definition) is 4. The van der Waals surface area contributed by atoms with Crippen molar-refractivity contribution in [2.45, 2.75) is 25.3 Å². The second kappa shape index (κ2) is 7.92. The van der Waals surface area contributed by atoms with E-state index in [0.717, 1.165) is 6.26 Å². The fourth-order valence-corrected chi connectivity index (χ4v) is 3.78. The molecule has 0 radical (unpaired) electrons. The van der Waals surface area contributed by atoms with E-state index >= 15 is 0 Å². The molecule has 0 saturated carbocycles. The second-order valence-corrected chi connectivity index (χ2v) is 8.15. The molecule has 138 valence electrons. The van der Waals surface area contributed by atoms with E-state index in [9.17, 15) is 22.4 Å². The molecule has 0 unspecified atom stereocenters. The molecule has 1 aromatic carbocycles. The van der Waals surface area contributed by atoms with Crippen LogP contribution in [0.3, 0.4) is 0 Å². The van der Waals surface area contributed by atoms with Gasteiger partial charge in [-0.1, -0.05) is 12.1 Å². The normalized spacial score (nSPS) is 20.0. The van der Waals surface area contributed by atoms with Gasteiger partial charge >= 0.3 is 5.97 Å². The van der Waals surface area contributed by atoms with Crippen molar-refractivity contribution >= 4 is 21.9 Å². The molecule has 25 heavy (non-hydrogen) atoms. The highest BCUT2D eigenvalue weighted by Gasteiger charge is 2.31. The lowest BCUT2D eigenvalue weighted by Gasteiger charge is -2.31. The Hall–Kier alpha value is -2.00. The summed E-state index contributed by atoms with van der Waals surface area (Å²) >= 11 is 0. The Morgan fingerprint density at radius 1 is 1.36 bits per heavy atom. The summed E-state index contributed by atoms with van der Waals surface area (Å²) in [5.74, 6) is -2.50. The Balaban J connectivity index is 2.11. The number of sulfonamides is 1. The quantitative estimate of drug-likeness (QED) is 0.779. The SMILES string of the molecule is CS(=O)(=O)N1CCC[C@H](C(=O)N[C@H](CC(=O)O)c2ccc(F)cc2)C1. The van der Waals surface area contributed by atoms with Crippen LogP contribution >= 0.6 is 0 Å². The molecular formula is C16H21FN2O5S. The molecular weight excluding hydrogens is 351 g/mol. The molecule has 2 rings (SSSR count). The van der Waals surface area contributed by atoms with E-state index in [4.69, 9.17) is 5.11 Å². The summed E-state index contributed by atoms with van der Waals surface area (Å²) in [6.45, 7) is 0.451. The number of halogens is 1. The summed E-state index contributed by atoms with van der Waals surface area (Å²) in [5.41, 5.74) is 0.480. The minimum Gasteiger partial charge on any atom is -0.481 e. The van der Waals surface area contributed by atoms with Crippen LogP contribution in [0, 0.1) is 11.7 Å². The number of carboxylic acid groups (broad SMARTS) is 1. The number of amides is 1. The molecule has 0 aromatic heterocycles. The van der Waals surface area contributed by atoms with Gasteiger partial charge in [0, 0.05) is 13.1 Å². The number of hydrogen-bond donors (Lipinski definition) is 2. The van der Waals surface area contributed by atoms with Crippen LogP contribution in [0.15, 0.2) is 24.3 Å². The Morgan fingerprint density at radius 3 is 2.56 bits per heavy atom. The minimum absolute atomic E-state index is 0.0773. The first kappa shape index (κ1) is 19.3. The molecule has 1 amide bonds. The third-order valence-corrected chi connectivity index (χ3v) is 5.46. The fourth-order valence-electron chi connectivity index (χ4n) is 2.87. The molecule has 1 saturated heterocycles. The maximum Gasteiger partial charge on any atom is 0.305 e. The topological polar surface area (TPSA) is 104 Å². The molecule has 0 spiro atoms. The van der Waals surface area contributed by atoms with E-state index < -0.39 is 39.7 Å². The van der Waals surface area contributed by atoms with E-state index in [0.29, 0.717) is 24.9 Å². The van der Waals surface area contributed by atoms with Gasteiger partial charge in [-0.3, -0.25) is 9.59 Å². The second-order valence-electron chi connectivity index (χ2n) is 6.17. The van der Waals surface area contributed by atoms with E-state index in [1.54, 1.807) is 0 Å². The summed E-state index contributed by atoms with van der Waals surface area (Å²) in [7, 11) is -3.38. The van der Waals surface area contributed by atoms with Gasteiger partial charge in [-0.15, -0.1) is 0 Å². The summed E-state index contributed by atoms with van der Waals surface area (Å²) in [4.78, 5) is 23.6. The number of carbonyl (C=O) groups excluding carboxylic acids is 1. The number of aliphatic carboxylic acids is 1. The number of benzene rings is 1. The predicted molar refractivity (Wildman–Crippen MR) is 88.7 cm³/mol. The van der Waals surface area contributed by atoms with Crippen LogP contribution in [0.2, 0.25) is 0 Å². The number of carbonyl (C=O) groups is 2. The van der Waals surface area contributed by atoms with E-state index in [1.807, 2.05) is 0 Å².